The molecule has 5 nitrogen and oxygen atoms in total. The molecule has 10 heteroatoms. The first kappa shape index (κ1) is 31.9. The Balaban J connectivity index is 1.83. The molecule has 222 valence electrons. The SMILES string of the molecule is CC(C)OC1=CC(C#N)C(Sc2ccc(Oc3ccccc3)cc2)(Sc2ccc(C(F)(F)F)cc2)C(C#N)=C1OC(C)C. The number of para-hydroxylation sites is 1. The van der Waals surface area contributed by atoms with E-state index < -0.39 is 21.7 Å². The van der Waals surface area contributed by atoms with Gasteiger partial charge in [-0.2, -0.15) is 23.7 Å². The van der Waals surface area contributed by atoms with Gasteiger partial charge in [-0.3, -0.25) is 0 Å². The molecule has 0 saturated heterocycles. The Morgan fingerprint density at radius 1 is 0.767 bits per heavy atom. The van der Waals surface area contributed by atoms with Crippen molar-refractivity contribution < 1.29 is 27.4 Å². The van der Waals surface area contributed by atoms with E-state index in [4.69, 9.17) is 14.2 Å². The number of hydrogen-bond acceptors (Lipinski definition) is 7. The van der Waals surface area contributed by atoms with E-state index in [0.717, 1.165) is 23.9 Å². The minimum absolute atomic E-state index is 0.144. The van der Waals surface area contributed by atoms with Gasteiger partial charge in [0.25, 0.3) is 0 Å². The van der Waals surface area contributed by atoms with Crippen LogP contribution in [0.15, 0.2) is 112 Å². The van der Waals surface area contributed by atoms with E-state index in [9.17, 15) is 23.7 Å². The van der Waals surface area contributed by atoms with Gasteiger partial charge in [0.1, 0.15) is 27.2 Å². The number of nitriles is 2. The van der Waals surface area contributed by atoms with Crippen LogP contribution in [0.4, 0.5) is 13.2 Å². The Morgan fingerprint density at radius 2 is 1.30 bits per heavy atom. The number of allylic oxidation sites excluding steroid dienone is 1. The van der Waals surface area contributed by atoms with Gasteiger partial charge in [0.2, 0.25) is 0 Å². The lowest BCUT2D eigenvalue weighted by molar-refractivity contribution is -0.137. The monoisotopic (exact) mass is 622 g/mol. The molecule has 0 heterocycles. The second-order valence-corrected chi connectivity index (χ2v) is 13.0. The lowest BCUT2D eigenvalue weighted by Crippen LogP contribution is -2.36. The van der Waals surface area contributed by atoms with Crippen LogP contribution in [0.25, 0.3) is 0 Å². The number of halogens is 3. The lowest BCUT2D eigenvalue weighted by atomic mass is 9.92. The standard InChI is InChI=1S/C33H29F3N2O3S2/c1-21(2)39-30-18-24(19-37)32(29(20-38)31(30)40-22(3)4,42-27-14-10-23(11-15-27)33(34,35)36)43-28-16-12-26(13-17-28)41-25-8-6-5-7-9-25/h5-18,21-22,24H,1-4H3. The summed E-state index contributed by atoms with van der Waals surface area (Å²) >= 11 is 2.38. The predicted octanol–water partition coefficient (Wildman–Crippen LogP) is 9.74. The topological polar surface area (TPSA) is 75.3 Å². The summed E-state index contributed by atoms with van der Waals surface area (Å²) in [4.78, 5) is 1.15. The van der Waals surface area contributed by atoms with Crippen LogP contribution in [-0.4, -0.2) is 16.3 Å². The fourth-order valence-corrected chi connectivity index (χ4v) is 7.20. The Bertz CT molecular complexity index is 1560. The molecule has 2 atom stereocenters. The molecule has 0 aromatic heterocycles. The van der Waals surface area contributed by atoms with Crippen LogP contribution in [0, 0.1) is 28.6 Å². The van der Waals surface area contributed by atoms with Crippen molar-refractivity contribution >= 4 is 23.5 Å². The smallest absolute Gasteiger partial charge is 0.416 e. The minimum Gasteiger partial charge on any atom is -0.487 e. The van der Waals surface area contributed by atoms with Crippen LogP contribution >= 0.6 is 23.5 Å². The van der Waals surface area contributed by atoms with Gasteiger partial charge in [-0.25, -0.2) is 0 Å². The first-order valence-corrected chi connectivity index (χ1v) is 15.1. The Kier molecular flexibility index (Phi) is 10.1. The number of nitrogens with zero attached hydrogens (tertiary/aromatic N) is 2. The zero-order valence-corrected chi connectivity index (χ0v) is 25.5. The van der Waals surface area contributed by atoms with E-state index in [2.05, 4.69) is 12.1 Å². The summed E-state index contributed by atoms with van der Waals surface area (Å²) in [6.07, 6.45) is -3.46. The largest absolute Gasteiger partial charge is 0.487 e. The summed E-state index contributed by atoms with van der Waals surface area (Å²) < 4.78 is 56.7. The molecule has 0 fully saturated rings. The van der Waals surface area contributed by atoms with Gasteiger partial charge in [0.05, 0.1) is 29.8 Å². The van der Waals surface area contributed by atoms with Crippen molar-refractivity contribution in [3.05, 3.63) is 108 Å². The highest BCUT2D eigenvalue weighted by Crippen LogP contribution is 2.58. The Labute approximate surface area is 258 Å². The molecule has 1 aliphatic rings. The van der Waals surface area contributed by atoms with Crippen molar-refractivity contribution in [2.75, 3.05) is 0 Å². The number of ether oxygens (including phenoxy) is 3. The fraction of sp³-hybridized carbons (Fsp3) is 0.273. The average Bonchev–Trinajstić information content (AvgIpc) is 2.95. The number of hydrogen-bond donors (Lipinski definition) is 0. The normalized spacial score (nSPS) is 18.6. The van der Waals surface area contributed by atoms with Gasteiger partial charge in [-0.05, 0) is 94.4 Å². The third kappa shape index (κ3) is 7.70. The van der Waals surface area contributed by atoms with E-state index in [0.29, 0.717) is 21.3 Å². The molecular weight excluding hydrogens is 594 g/mol. The Hall–Kier alpha value is -3.99. The van der Waals surface area contributed by atoms with Crippen molar-refractivity contribution in [2.45, 2.75) is 59.9 Å². The Morgan fingerprint density at radius 3 is 1.79 bits per heavy atom. The molecule has 3 aromatic rings. The second-order valence-electron chi connectivity index (χ2n) is 10.1. The molecule has 4 rings (SSSR count). The molecule has 0 radical (unpaired) electrons. The highest BCUT2D eigenvalue weighted by molar-refractivity contribution is 8.18. The van der Waals surface area contributed by atoms with Crippen molar-refractivity contribution in [3.8, 4) is 23.6 Å². The number of benzene rings is 3. The minimum atomic E-state index is -4.50. The van der Waals surface area contributed by atoms with Crippen LogP contribution in [0.2, 0.25) is 0 Å². The van der Waals surface area contributed by atoms with Gasteiger partial charge < -0.3 is 14.2 Å². The third-order valence-corrected chi connectivity index (χ3v) is 9.06. The van der Waals surface area contributed by atoms with Crippen molar-refractivity contribution in [3.63, 3.8) is 0 Å². The molecule has 3 aromatic carbocycles. The molecule has 0 N–H and O–H groups in total. The van der Waals surface area contributed by atoms with Gasteiger partial charge in [0, 0.05) is 9.79 Å². The first-order chi connectivity index (χ1) is 20.4. The van der Waals surface area contributed by atoms with Crippen LogP contribution in [-0.2, 0) is 15.7 Å². The maximum atomic E-state index is 13.3. The fourth-order valence-electron chi connectivity index (χ4n) is 4.24. The highest BCUT2D eigenvalue weighted by atomic mass is 32.2. The maximum absolute atomic E-state index is 13.3. The maximum Gasteiger partial charge on any atom is 0.416 e. The molecule has 0 amide bonds. The van der Waals surface area contributed by atoms with Crippen LogP contribution in [0.5, 0.6) is 11.5 Å². The summed E-state index contributed by atoms with van der Waals surface area (Å²) in [7, 11) is 0. The number of alkyl halides is 3. The molecule has 0 bridgehead atoms. The molecule has 2 unspecified atom stereocenters. The summed E-state index contributed by atoms with van der Waals surface area (Å²) in [5.74, 6) is 0.819. The average molecular weight is 623 g/mol. The molecule has 1 aliphatic carbocycles. The molecule has 0 aliphatic heterocycles. The molecule has 0 spiro atoms. The summed E-state index contributed by atoms with van der Waals surface area (Å²) in [6.45, 7) is 7.28. The van der Waals surface area contributed by atoms with Crippen molar-refractivity contribution in [1.82, 2.24) is 0 Å². The van der Waals surface area contributed by atoms with Crippen LogP contribution in [0.3, 0.4) is 0 Å². The van der Waals surface area contributed by atoms with Gasteiger partial charge in [-0.15, -0.1) is 23.5 Å². The quantitative estimate of drug-likeness (QED) is 0.208. The number of rotatable bonds is 10. The van der Waals surface area contributed by atoms with E-state index in [1.165, 1.54) is 23.9 Å². The molecular formula is C33H29F3N2O3S2. The van der Waals surface area contributed by atoms with E-state index in [-0.39, 0.29) is 29.3 Å². The lowest BCUT2D eigenvalue weighted by Gasteiger charge is -2.39. The van der Waals surface area contributed by atoms with E-state index >= 15 is 0 Å². The van der Waals surface area contributed by atoms with Crippen LogP contribution in [0.1, 0.15) is 33.3 Å². The zero-order valence-electron chi connectivity index (χ0n) is 23.9. The summed E-state index contributed by atoms with van der Waals surface area (Å²) in [6, 6.07) is 25.7. The molecule has 0 saturated carbocycles. The second kappa shape index (κ2) is 13.5. The van der Waals surface area contributed by atoms with E-state index in [1.807, 2.05) is 70.2 Å². The van der Waals surface area contributed by atoms with Gasteiger partial charge >= 0.3 is 6.18 Å². The zero-order chi connectivity index (χ0) is 31.2. The number of thioether (sulfide) groups is 2. The van der Waals surface area contributed by atoms with Crippen LogP contribution < -0.4 is 4.74 Å². The van der Waals surface area contributed by atoms with E-state index in [1.54, 1.807) is 18.2 Å². The van der Waals surface area contributed by atoms with Crippen molar-refractivity contribution in [2.24, 2.45) is 5.92 Å². The molecule has 43 heavy (non-hydrogen) atoms. The van der Waals surface area contributed by atoms with Gasteiger partial charge in [0.15, 0.2) is 11.5 Å². The van der Waals surface area contributed by atoms with Gasteiger partial charge in [-0.1, -0.05) is 18.2 Å². The predicted molar refractivity (Wildman–Crippen MR) is 161 cm³/mol. The highest BCUT2D eigenvalue weighted by Gasteiger charge is 2.51. The van der Waals surface area contributed by atoms with Crippen molar-refractivity contribution in [1.29, 1.82) is 10.5 Å². The third-order valence-electron chi connectivity index (χ3n) is 6.02. The summed E-state index contributed by atoms with van der Waals surface area (Å²) in [5, 5.41) is 21.1. The summed E-state index contributed by atoms with van der Waals surface area (Å²) in [5.41, 5.74) is -0.647. The first-order valence-electron chi connectivity index (χ1n) is 13.4.